The summed E-state index contributed by atoms with van der Waals surface area (Å²) in [5.41, 5.74) is 0.540. The summed E-state index contributed by atoms with van der Waals surface area (Å²) >= 11 is 11.7. The maximum atomic E-state index is 12.1. The predicted molar refractivity (Wildman–Crippen MR) is 84.8 cm³/mol. The highest BCUT2D eigenvalue weighted by Crippen LogP contribution is 2.25. The van der Waals surface area contributed by atoms with Crippen molar-refractivity contribution in [2.75, 3.05) is 18.4 Å². The normalized spacial score (nSPS) is 15.4. The van der Waals surface area contributed by atoms with E-state index in [0.29, 0.717) is 15.7 Å². The summed E-state index contributed by atoms with van der Waals surface area (Å²) < 4.78 is 0. The van der Waals surface area contributed by atoms with Gasteiger partial charge in [-0.3, -0.25) is 9.59 Å². The molecule has 1 saturated heterocycles. The van der Waals surface area contributed by atoms with Gasteiger partial charge in [0, 0.05) is 18.8 Å². The molecule has 1 aromatic carbocycles. The molecule has 0 aromatic heterocycles. The lowest BCUT2D eigenvalue weighted by molar-refractivity contribution is -0.134. The Labute approximate surface area is 134 Å². The molecule has 0 aliphatic carbocycles. The molecule has 1 heterocycles. The first-order valence-corrected chi connectivity index (χ1v) is 7.84. The predicted octanol–water partition coefficient (Wildman–Crippen LogP) is 3.72. The first kappa shape index (κ1) is 16.1. The van der Waals surface area contributed by atoms with E-state index in [-0.39, 0.29) is 18.2 Å². The van der Waals surface area contributed by atoms with E-state index in [1.165, 1.54) is 0 Å². The summed E-state index contributed by atoms with van der Waals surface area (Å²) in [4.78, 5) is 25.8. The number of nitrogens with one attached hydrogen (secondary N) is 1. The monoisotopic (exact) mass is 328 g/mol. The minimum Gasteiger partial charge on any atom is -0.342 e. The van der Waals surface area contributed by atoms with Crippen LogP contribution in [-0.4, -0.2) is 29.8 Å². The number of benzene rings is 1. The van der Waals surface area contributed by atoms with Crippen LogP contribution in [0.15, 0.2) is 18.2 Å². The van der Waals surface area contributed by atoms with Crippen molar-refractivity contribution < 1.29 is 9.59 Å². The van der Waals surface area contributed by atoms with Crippen LogP contribution >= 0.6 is 23.2 Å². The first-order valence-electron chi connectivity index (χ1n) is 7.09. The molecule has 4 nitrogen and oxygen atoms in total. The average Bonchev–Trinajstić information content (AvgIpc) is 2.72. The molecule has 1 N–H and O–H groups in total. The summed E-state index contributed by atoms with van der Waals surface area (Å²) in [6.07, 6.45) is 4.19. The Balaban J connectivity index is 1.88. The first-order chi connectivity index (χ1) is 10.1. The lowest BCUT2D eigenvalue weighted by Crippen LogP contribution is -2.34. The number of anilines is 1. The molecule has 1 aliphatic rings. The molecule has 6 heteroatoms. The third kappa shape index (κ3) is 4.90. The summed E-state index contributed by atoms with van der Waals surface area (Å²) in [6.45, 7) is 1.50. The van der Waals surface area contributed by atoms with Gasteiger partial charge in [-0.25, -0.2) is 0 Å². The molecule has 0 saturated carbocycles. The lowest BCUT2D eigenvalue weighted by atomic mass is 10.2. The molecule has 0 unspecified atom stereocenters. The van der Waals surface area contributed by atoms with Crippen LogP contribution in [-0.2, 0) is 9.59 Å². The van der Waals surface area contributed by atoms with E-state index < -0.39 is 0 Å². The minimum atomic E-state index is -0.331. The van der Waals surface area contributed by atoms with E-state index in [2.05, 4.69) is 5.32 Å². The van der Waals surface area contributed by atoms with Gasteiger partial charge in [0.1, 0.15) is 6.42 Å². The van der Waals surface area contributed by atoms with Crippen LogP contribution in [0.5, 0.6) is 0 Å². The number of nitrogens with zero attached hydrogens (tertiary/aromatic N) is 1. The van der Waals surface area contributed by atoms with Crippen molar-refractivity contribution in [1.82, 2.24) is 4.90 Å². The van der Waals surface area contributed by atoms with E-state index in [1.807, 2.05) is 0 Å². The number of amides is 2. The van der Waals surface area contributed by atoms with Crippen molar-refractivity contribution in [2.45, 2.75) is 32.1 Å². The van der Waals surface area contributed by atoms with Crippen molar-refractivity contribution in [3.05, 3.63) is 28.2 Å². The van der Waals surface area contributed by atoms with Crippen molar-refractivity contribution in [1.29, 1.82) is 0 Å². The molecular formula is C15H18Cl2N2O2. The van der Waals surface area contributed by atoms with Crippen molar-refractivity contribution in [3.63, 3.8) is 0 Å². The van der Waals surface area contributed by atoms with E-state index in [9.17, 15) is 9.59 Å². The van der Waals surface area contributed by atoms with Crippen LogP contribution in [0.4, 0.5) is 5.69 Å². The second-order valence-electron chi connectivity index (χ2n) is 5.15. The highest BCUT2D eigenvalue weighted by atomic mass is 35.5. The molecule has 2 amide bonds. The van der Waals surface area contributed by atoms with Crippen LogP contribution < -0.4 is 5.32 Å². The van der Waals surface area contributed by atoms with Gasteiger partial charge in [0.15, 0.2) is 0 Å². The summed E-state index contributed by atoms with van der Waals surface area (Å²) in [5, 5.41) is 3.46. The minimum absolute atomic E-state index is 0.116. The van der Waals surface area contributed by atoms with Gasteiger partial charge >= 0.3 is 0 Å². The Bertz CT molecular complexity index is 526. The van der Waals surface area contributed by atoms with Gasteiger partial charge in [-0.2, -0.15) is 0 Å². The molecule has 0 spiro atoms. The quantitative estimate of drug-likeness (QED) is 0.859. The molecule has 1 aromatic rings. The van der Waals surface area contributed by atoms with Gasteiger partial charge < -0.3 is 10.2 Å². The van der Waals surface area contributed by atoms with Crippen molar-refractivity contribution >= 4 is 40.7 Å². The molecule has 0 atom stereocenters. The number of hydrogen-bond donors (Lipinski definition) is 1. The third-order valence-electron chi connectivity index (χ3n) is 3.47. The van der Waals surface area contributed by atoms with Gasteiger partial charge in [0.05, 0.1) is 10.0 Å². The van der Waals surface area contributed by atoms with Crippen LogP contribution in [0.3, 0.4) is 0 Å². The number of hydrogen-bond acceptors (Lipinski definition) is 2. The lowest BCUT2D eigenvalue weighted by Gasteiger charge is -2.19. The van der Waals surface area contributed by atoms with Gasteiger partial charge in [0.2, 0.25) is 11.8 Å². The standard InChI is InChI=1S/C15H18Cl2N2O2/c16-12-6-5-11(9-13(12)17)18-14(20)10-15(21)19-7-3-1-2-4-8-19/h5-6,9H,1-4,7-8,10H2,(H,18,20). The number of likely N-dealkylation sites (tertiary alicyclic amines) is 1. The van der Waals surface area contributed by atoms with Crippen LogP contribution in [0.25, 0.3) is 0 Å². The molecule has 114 valence electrons. The highest BCUT2D eigenvalue weighted by molar-refractivity contribution is 6.42. The Morgan fingerprint density at radius 3 is 2.33 bits per heavy atom. The topological polar surface area (TPSA) is 49.4 Å². The molecule has 2 rings (SSSR count). The summed E-state index contributed by atoms with van der Waals surface area (Å²) in [6, 6.07) is 4.83. The van der Waals surface area contributed by atoms with E-state index in [1.54, 1.807) is 23.1 Å². The molecule has 1 aliphatic heterocycles. The smallest absolute Gasteiger partial charge is 0.233 e. The fourth-order valence-electron chi connectivity index (χ4n) is 2.35. The van der Waals surface area contributed by atoms with Crippen LogP contribution in [0.1, 0.15) is 32.1 Å². The van der Waals surface area contributed by atoms with Gasteiger partial charge in [0.25, 0.3) is 0 Å². The maximum Gasteiger partial charge on any atom is 0.233 e. The Kier molecular flexibility index (Phi) is 5.88. The van der Waals surface area contributed by atoms with Gasteiger partial charge in [-0.15, -0.1) is 0 Å². The number of carbonyl (C=O) groups excluding carboxylic acids is 2. The van der Waals surface area contributed by atoms with E-state index >= 15 is 0 Å². The van der Waals surface area contributed by atoms with Crippen molar-refractivity contribution in [2.24, 2.45) is 0 Å². The highest BCUT2D eigenvalue weighted by Gasteiger charge is 2.18. The largest absolute Gasteiger partial charge is 0.342 e. The average molecular weight is 329 g/mol. The van der Waals surface area contributed by atoms with E-state index in [0.717, 1.165) is 38.8 Å². The zero-order chi connectivity index (χ0) is 15.2. The third-order valence-corrected chi connectivity index (χ3v) is 4.21. The Morgan fingerprint density at radius 2 is 1.71 bits per heavy atom. The molecule has 0 radical (unpaired) electrons. The summed E-state index contributed by atoms with van der Waals surface area (Å²) in [5.74, 6) is -0.447. The number of carbonyl (C=O) groups is 2. The van der Waals surface area contributed by atoms with E-state index in [4.69, 9.17) is 23.2 Å². The Morgan fingerprint density at radius 1 is 1.05 bits per heavy atom. The second-order valence-corrected chi connectivity index (χ2v) is 5.96. The fourth-order valence-corrected chi connectivity index (χ4v) is 2.65. The number of halogens is 2. The van der Waals surface area contributed by atoms with Crippen LogP contribution in [0.2, 0.25) is 10.0 Å². The second kappa shape index (κ2) is 7.66. The van der Waals surface area contributed by atoms with Crippen molar-refractivity contribution in [3.8, 4) is 0 Å². The summed E-state index contributed by atoms with van der Waals surface area (Å²) in [7, 11) is 0. The Hall–Kier alpha value is -1.26. The zero-order valence-electron chi connectivity index (χ0n) is 11.7. The maximum absolute atomic E-state index is 12.1. The molecule has 21 heavy (non-hydrogen) atoms. The molecular weight excluding hydrogens is 311 g/mol. The van der Waals surface area contributed by atoms with Gasteiger partial charge in [-0.05, 0) is 31.0 Å². The number of rotatable bonds is 3. The zero-order valence-corrected chi connectivity index (χ0v) is 13.2. The van der Waals surface area contributed by atoms with Gasteiger partial charge in [-0.1, -0.05) is 36.0 Å². The SMILES string of the molecule is O=C(CC(=O)N1CCCCCC1)Nc1ccc(Cl)c(Cl)c1. The fraction of sp³-hybridized carbons (Fsp3) is 0.467. The van der Waals surface area contributed by atoms with Crippen LogP contribution in [0, 0.1) is 0 Å². The molecule has 1 fully saturated rings. The molecule has 0 bridgehead atoms.